The summed E-state index contributed by atoms with van der Waals surface area (Å²) < 4.78 is 26.8. The highest BCUT2D eigenvalue weighted by atomic mass is 32.2. The number of hydrogen-bond acceptors (Lipinski definition) is 4. The first-order valence-electron chi connectivity index (χ1n) is 9.57. The molecule has 28 heavy (non-hydrogen) atoms. The molecule has 1 heterocycles. The summed E-state index contributed by atoms with van der Waals surface area (Å²) in [7, 11) is -1.48. The summed E-state index contributed by atoms with van der Waals surface area (Å²) in [5.74, 6) is -0.123. The van der Waals surface area contributed by atoms with Gasteiger partial charge in [-0.2, -0.15) is 4.31 Å². The van der Waals surface area contributed by atoms with E-state index in [2.05, 4.69) is 10.2 Å². The molecule has 0 aliphatic carbocycles. The summed E-state index contributed by atoms with van der Waals surface area (Å²) in [6.45, 7) is 2.03. The van der Waals surface area contributed by atoms with Crippen LogP contribution in [-0.4, -0.2) is 51.9 Å². The van der Waals surface area contributed by atoms with Gasteiger partial charge >= 0.3 is 0 Å². The van der Waals surface area contributed by atoms with Gasteiger partial charge < -0.3 is 10.2 Å². The average molecular weight is 402 g/mol. The van der Waals surface area contributed by atoms with Gasteiger partial charge in [-0.05, 0) is 37.1 Å². The zero-order valence-corrected chi connectivity index (χ0v) is 16.9. The van der Waals surface area contributed by atoms with Crippen molar-refractivity contribution in [3.63, 3.8) is 0 Å². The van der Waals surface area contributed by atoms with Gasteiger partial charge in [-0.3, -0.25) is 4.79 Å². The fraction of sp³-hybridized carbons (Fsp3) is 0.381. The summed E-state index contributed by atoms with van der Waals surface area (Å²) in [5.41, 5.74) is 1.11. The average Bonchev–Trinajstić information content (AvgIpc) is 2.75. The quantitative estimate of drug-likeness (QED) is 0.773. The summed E-state index contributed by atoms with van der Waals surface area (Å²) >= 11 is 0. The Morgan fingerprint density at radius 3 is 2.21 bits per heavy atom. The Morgan fingerprint density at radius 2 is 1.61 bits per heavy atom. The van der Waals surface area contributed by atoms with Gasteiger partial charge in [-0.15, -0.1) is 0 Å². The van der Waals surface area contributed by atoms with Crippen LogP contribution in [0.4, 0.5) is 5.69 Å². The largest absolute Gasteiger partial charge is 0.373 e. The lowest BCUT2D eigenvalue weighted by Gasteiger charge is -2.30. The highest BCUT2D eigenvalue weighted by Gasteiger charge is 2.31. The van der Waals surface area contributed by atoms with Crippen molar-refractivity contribution in [3.8, 4) is 0 Å². The number of hydrogen-bond donors (Lipinski definition) is 1. The first-order chi connectivity index (χ1) is 13.5. The molecule has 0 spiro atoms. The molecule has 150 valence electrons. The normalized spacial score (nSPS) is 15.9. The highest BCUT2D eigenvalue weighted by molar-refractivity contribution is 7.89. The number of likely N-dealkylation sites (N-methyl/N-ethyl adjacent to an activating group) is 1. The minimum absolute atomic E-state index is 0.0122. The number of nitrogens with one attached hydrogen (secondary N) is 1. The van der Waals surface area contributed by atoms with Crippen LogP contribution in [0.3, 0.4) is 0 Å². The van der Waals surface area contributed by atoms with E-state index in [1.54, 1.807) is 30.3 Å². The molecule has 2 aromatic rings. The van der Waals surface area contributed by atoms with Crippen molar-refractivity contribution in [1.82, 2.24) is 9.62 Å². The first kappa shape index (κ1) is 20.4. The van der Waals surface area contributed by atoms with Crippen molar-refractivity contribution in [2.45, 2.75) is 17.7 Å². The summed E-state index contributed by atoms with van der Waals surface area (Å²) in [6, 6.07) is 18.5. The number of nitrogens with zero attached hydrogens (tertiary/aromatic N) is 2. The predicted molar refractivity (Wildman–Crippen MR) is 111 cm³/mol. The van der Waals surface area contributed by atoms with Crippen LogP contribution in [0.2, 0.25) is 0 Å². The van der Waals surface area contributed by atoms with Gasteiger partial charge in [-0.1, -0.05) is 36.4 Å². The van der Waals surface area contributed by atoms with E-state index in [1.165, 1.54) is 4.31 Å². The maximum absolute atomic E-state index is 12.7. The topological polar surface area (TPSA) is 69.7 Å². The number of para-hydroxylation sites is 1. The second kappa shape index (κ2) is 9.21. The third-order valence-corrected chi connectivity index (χ3v) is 7.06. The fourth-order valence-corrected chi connectivity index (χ4v) is 4.89. The maximum Gasteiger partial charge on any atom is 0.243 e. The number of anilines is 1. The lowest BCUT2D eigenvalue weighted by Crippen LogP contribution is -2.44. The van der Waals surface area contributed by atoms with Crippen LogP contribution in [0.25, 0.3) is 0 Å². The maximum atomic E-state index is 12.7. The zero-order valence-electron chi connectivity index (χ0n) is 16.1. The van der Waals surface area contributed by atoms with E-state index < -0.39 is 10.0 Å². The molecule has 2 aromatic carbocycles. The van der Waals surface area contributed by atoms with E-state index >= 15 is 0 Å². The first-order valence-corrected chi connectivity index (χ1v) is 11.0. The van der Waals surface area contributed by atoms with E-state index in [9.17, 15) is 13.2 Å². The standard InChI is InChI=1S/C21H27N3O3S/c1-23(19-8-4-2-5-9-19)17-14-22-21(25)18-12-15-24(16-13-18)28(26,27)20-10-6-3-7-11-20/h2-11,18H,12-17H2,1H3,(H,22,25). The van der Waals surface area contributed by atoms with Crippen molar-refractivity contribution in [1.29, 1.82) is 0 Å². The predicted octanol–water partition coefficient (Wildman–Crippen LogP) is 2.34. The van der Waals surface area contributed by atoms with Crippen molar-refractivity contribution in [2.24, 2.45) is 5.92 Å². The lowest BCUT2D eigenvalue weighted by molar-refractivity contribution is -0.126. The number of sulfonamides is 1. The third-order valence-electron chi connectivity index (χ3n) is 5.15. The minimum Gasteiger partial charge on any atom is -0.373 e. The van der Waals surface area contributed by atoms with E-state index in [0.29, 0.717) is 37.4 Å². The SMILES string of the molecule is CN(CCNC(=O)C1CCN(S(=O)(=O)c2ccccc2)CC1)c1ccccc1. The van der Waals surface area contributed by atoms with Gasteiger partial charge in [0.1, 0.15) is 0 Å². The molecule has 0 atom stereocenters. The molecule has 1 N–H and O–H groups in total. The molecule has 0 radical (unpaired) electrons. The van der Waals surface area contributed by atoms with Crippen LogP contribution in [0.15, 0.2) is 65.6 Å². The Morgan fingerprint density at radius 1 is 1.04 bits per heavy atom. The molecule has 7 heteroatoms. The van der Waals surface area contributed by atoms with E-state index in [0.717, 1.165) is 12.2 Å². The van der Waals surface area contributed by atoms with Crippen molar-refractivity contribution < 1.29 is 13.2 Å². The summed E-state index contributed by atoms with van der Waals surface area (Å²) in [5, 5.41) is 2.99. The highest BCUT2D eigenvalue weighted by Crippen LogP contribution is 2.23. The molecule has 0 aromatic heterocycles. The molecule has 1 aliphatic rings. The molecular formula is C21H27N3O3S. The molecule has 6 nitrogen and oxygen atoms in total. The molecule has 3 rings (SSSR count). The number of carbonyl (C=O) groups excluding carboxylic acids is 1. The van der Waals surface area contributed by atoms with Gasteiger partial charge in [0.25, 0.3) is 0 Å². The summed E-state index contributed by atoms with van der Waals surface area (Å²) in [6.07, 6.45) is 1.10. The fourth-order valence-electron chi connectivity index (χ4n) is 3.40. The van der Waals surface area contributed by atoms with Gasteiger partial charge in [0.05, 0.1) is 4.90 Å². The van der Waals surface area contributed by atoms with E-state index in [-0.39, 0.29) is 11.8 Å². The second-order valence-corrected chi connectivity index (χ2v) is 8.98. The van der Waals surface area contributed by atoms with Gasteiger partial charge in [0.15, 0.2) is 0 Å². The Labute approximate surface area is 167 Å². The molecule has 0 unspecified atom stereocenters. The monoisotopic (exact) mass is 401 g/mol. The van der Waals surface area contributed by atoms with Crippen LogP contribution in [0.5, 0.6) is 0 Å². The number of amides is 1. The van der Waals surface area contributed by atoms with E-state index in [4.69, 9.17) is 0 Å². The third kappa shape index (κ3) is 4.91. The van der Waals surface area contributed by atoms with E-state index in [1.807, 2.05) is 37.4 Å². The van der Waals surface area contributed by atoms with Crippen LogP contribution in [-0.2, 0) is 14.8 Å². The number of piperidine rings is 1. The minimum atomic E-state index is -3.48. The number of rotatable bonds is 7. The zero-order chi connectivity index (χ0) is 20.0. The van der Waals surface area contributed by atoms with Gasteiger partial charge in [0, 0.05) is 44.8 Å². The Hall–Kier alpha value is -2.38. The van der Waals surface area contributed by atoms with Crippen molar-refractivity contribution in [2.75, 3.05) is 38.1 Å². The van der Waals surface area contributed by atoms with Crippen molar-refractivity contribution in [3.05, 3.63) is 60.7 Å². The smallest absolute Gasteiger partial charge is 0.243 e. The Balaban J connectivity index is 1.45. The number of benzene rings is 2. The molecule has 1 amide bonds. The Kier molecular flexibility index (Phi) is 6.70. The molecule has 0 saturated carbocycles. The van der Waals surface area contributed by atoms with Crippen LogP contribution in [0, 0.1) is 5.92 Å². The molecule has 1 fully saturated rings. The van der Waals surface area contributed by atoms with Gasteiger partial charge in [0.2, 0.25) is 15.9 Å². The van der Waals surface area contributed by atoms with Crippen LogP contribution < -0.4 is 10.2 Å². The summed E-state index contributed by atoms with van der Waals surface area (Å²) in [4.78, 5) is 14.8. The lowest BCUT2D eigenvalue weighted by atomic mass is 9.97. The Bertz CT molecular complexity index is 864. The molecule has 1 aliphatic heterocycles. The molecule has 0 bridgehead atoms. The van der Waals surface area contributed by atoms with Crippen LogP contribution in [0.1, 0.15) is 12.8 Å². The molecule has 1 saturated heterocycles. The molecular weight excluding hydrogens is 374 g/mol. The second-order valence-electron chi connectivity index (χ2n) is 7.04. The number of carbonyl (C=O) groups is 1. The van der Waals surface area contributed by atoms with Crippen molar-refractivity contribution >= 4 is 21.6 Å². The van der Waals surface area contributed by atoms with Gasteiger partial charge in [-0.25, -0.2) is 8.42 Å². The van der Waals surface area contributed by atoms with Crippen LogP contribution >= 0.6 is 0 Å².